The summed E-state index contributed by atoms with van der Waals surface area (Å²) in [5.74, 6) is 0.0808. The van der Waals surface area contributed by atoms with E-state index in [-0.39, 0.29) is 12.0 Å². The second-order valence-electron chi connectivity index (χ2n) is 5.62. The molecule has 1 fully saturated rings. The van der Waals surface area contributed by atoms with Crippen molar-refractivity contribution < 1.29 is 14.6 Å². The fraction of sp³-hybridized carbons (Fsp3) is 0.929. The Bertz CT molecular complexity index is 287. The minimum Gasteiger partial charge on any atom is -0.392 e. The monoisotopic (exact) mass is 287 g/mol. The first kappa shape index (κ1) is 17.4. The molecule has 1 aliphatic heterocycles. The van der Waals surface area contributed by atoms with Crippen LogP contribution < -0.4 is 5.32 Å². The summed E-state index contributed by atoms with van der Waals surface area (Å²) in [6, 6.07) is 0.375. The van der Waals surface area contributed by atoms with E-state index in [2.05, 4.69) is 22.0 Å². The van der Waals surface area contributed by atoms with E-state index < -0.39 is 0 Å². The summed E-state index contributed by atoms with van der Waals surface area (Å²) < 4.78 is 4.94. The minimum atomic E-state index is -0.298. The lowest BCUT2D eigenvalue weighted by Gasteiger charge is -2.40. The molecule has 2 N–H and O–H groups in total. The van der Waals surface area contributed by atoms with E-state index in [1.807, 2.05) is 6.92 Å². The molecule has 1 amide bonds. The third kappa shape index (κ3) is 6.65. The zero-order valence-corrected chi connectivity index (χ0v) is 13.0. The highest BCUT2D eigenvalue weighted by Crippen LogP contribution is 2.09. The Labute approximate surface area is 122 Å². The third-order valence-electron chi connectivity index (χ3n) is 3.56. The molecule has 0 aromatic heterocycles. The van der Waals surface area contributed by atoms with Crippen LogP contribution in [0.3, 0.4) is 0 Å². The number of carbonyl (C=O) groups excluding carboxylic acids is 1. The molecule has 1 saturated heterocycles. The number of hydrogen-bond acceptors (Lipinski definition) is 5. The van der Waals surface area contributed by atoms with Gasteiger partial charge in [-0.3, -0.25) is 14.6 Å². The van der Waals surface area contributed by atoms with Gasteiger partial charge in [-0.05, 0) is 20.3 Å². The zero-order chi connectivity index (χ0) is 15.0. The summed E-state index contributed by atoms with van der Waals surface area (Å²) in [5, 5.41) is 12.4. The predicted molar refractivity (Wildman–Crippen MR) is 78.7 cm³/mol. The standard InChI is InChI=1S/C14H29N3O3/c1-12-9-16(6-7-17(12)10-13(2)18)11-14(19)15-5-4-8-20-3/h12-13,18H,4-11H2,1-3H3,(H,15,19)/t12-,13+/m0/s1. The predicted octanol–water partition coefficient (Wildman–Crippen LogP) is -0.474. The summed E-state index contributed by atoms with van der Waals surface area (Å²) in [7, 11) is 1.66. The van der Waals surface area contributed by atoms with Crippen molar-refractivity contribution in [2.75, 3.05) is 53.0 Å². The maximum Gasteiger partial charge on any atom is 0.234 e. The number of nitrogens with zero attached hydrogens (tertiary/aromatic N) is 2. The molecule has 0 bridgehead atoms. The van der Waals surface area contributed by atoms with Gasteiger partial charge in [0.05, 0.1) is 12.6 Å². The Kier molecular flexibility index (Phi) is 8.06. The quantitative estimate of drug-likeness (QED) is 0.591. The van der Waals surface area contributed by atoms with Crippen molar-refractivity contribution in [3.05, 3.63) is 0 Å². The molecule has 0 aromatic carbocycles. The maximum atomic E-state index is 11.8. The van der Waals surface area contributed by atoms with Gasteiger partial charge >= 0.3 is 0 Å². The highest BCUT2D eigenvalue weighted by molar-refractivity contribution is 5.77. The van der Waals surface area contributed by atoms with Crippen molar-refractivity contribution in [3.63, 3.8) is 0 Å². The normalized spacial score (nSPS) is 22.7. The summed E-state index contributed by atoms with van der Waals surface area (Å²) in [6.45, 7) is 9.12. The first-order valence-electron chi connectivity index (χ1n) is 7.43. The smallest absolute Gasteiger partial charge is 0.234 e. The molecule has 2 atom stereocenters. The van der Waals surface area contributed by atoms with Crippen LogP contribution in [-0.4, -0.2) is 85.9 Å². The Morgan fingerprint density at radius 2 is 2.25 bits per heavy atom. The highest BCUT2D eigenvalue weighted by Gasteiger charge is 2.25. The lowest BCUT2D eigenvalue weighted by atomic mass is 10.1. The van der Waals surface area contributed by atoms with E-state index in [0.29, 0.717) is 32.3 Å². The second kappa shape index (κ2) is 9.28. The first-order valence-corrected chi connectivity index (χ1v) is 7.43. The van der Waals surface area contributed by atoms with E-state index in [1.165, 1.54) is 0 Å². The molecule has 6 nitrogen and oxygen atoms in total. The number of ether oxygens (including phenoxy) is 1. The van der Waals surface area contributed by atoms with Crippen LogP contribution in [0.25, 0.3) is 0 Å². The summed E-state index contributed by atoms with van der Waals surface area (Å²) in [5.41, 5.74) is 0. The molecule has 0 unspecified atom stereocenters. The fourth-order valence-electron chi connectivity index (χ4n) is 2.53. The van der Waals surface area contributed by atoms with Crippen molar-refractivity contribution in [3.8, 4) is 0 Å². The van der Waals surface area contributed by atoms with Crippen LogP contribution in [0.1, 0.15) is 20.3 Å². The molecule has 0 saturated carbocycles. The van der Waals surface area contributed by atoms with E-state index in [0.717, 1.165) is 26.1 Å². The van der Waals surface area contributed by atoms with Crippen molar-refractivity contribution >= 4 is 5.91 Å². The van der Waals surface area contributed by atoms with Gasteiger partial charge in [-0.1, -0.05) is 0 Å². The van der Waals surface area contributed by atoms with Crippen LogP contribution in [0, 0.1) is 0 Å². The number of nitrogens with one attached hydrogen (secondary N) is 1. The maximum absolute atomic E-state index is 11.8. The van der Waals surface area contributed by atoms with Crippen molar-refractivity contribution in [2.45, 2.75) is 32.4 Å². The molecule has 1 heterocycles. The summed E-state index contributed by atoms with van der Waals surface area (Å²) in [6.07, 6.45) is 0.550. The van der Waals surface area contributed by atoms with Gasteiger partial charge in [0, 0.05) is 52.5 Å². The van der Waals surface area contributed by atoms with E-state index in [1.54, 1.807) is 7.11 Å². The highest BCUT2D eigenvalue weighted by atomic mass is 16.5. The molecule has 1 aliphatic rings. The molecule has 20 heavy (non-hydrogen) atoms. The SMILES string of the molecule is COCCCNC(=O)CN1CCN(C[C@@H](C)O)[C@@H](C)C1. The van der Waals surface area contributed by atoms with Gasteiger partial charge in [-0.25, -0.2) is 0 Å². The number of carbonyl (C=O) groups is 1. The van der Waals surface area contributed by atoms with Crippen LogP contribution >= 0.6 is 0 Å². The van der Waals surface area contributed by atoms with Crippen LogP contribution in [0.5, 0.6) is 0 Å². The van der Waals surface area contributed by atoms with Gasteiger partial charge in [0.2, 0.25) is 5.91 Å². The Morgan fingerprint density at radius 3 is 2.85 bits per heavy atom. The fourth-order valence-corrected chi connectivity index (χ4v) is 2.53. The molecule has 0 radical (unpaired) electrons. The molecular weight excluding hydrogens is 258 g/mol. The number of rotatable bonds is 8. The molecule has 0 spiro atoms. The number of amides is 1. The van der Waals surface area contributed by atoms with E-state index in [4.69, 9.17) is 4.74 Å². The average molecular weight is 287 g/mol. The van der Waals surface area contributed by atoms with E-state index in [9.17, 15) is 9.90 Å². The largest absolute Gasteiger partial charge is 0.392 e. The molecular formula is C14H29N3O3. The number of aliphatic hydroxyl groups is 1. The molecule has 118 valence electrons. The molecule has 1 rings (SSSR count). The van der Waals surface area contributed by atoms with Gasteiger partial charge in [-0.2, -0.15) is 0 Å². The lowest BCUT2D eigenvalue weighted by Crippen LogP contribution is -2.55. The number of aliphatic hydroxyl groups excluding tert-OH is 1. The number of piperazine rings is 1. The average Bonchev–Trinajstić information content (AvgIpc) is 2.37. The Hall–Kier alpha value is -0.690. The second-order valence-corrected chi connectivity index (χ2v) is 5.62. The van der Waals surface area contributed by atoms with Crippen LogP contribution in [-0.2, 0) is 9.53 Å². The van der Waals surface area contributed by atoms with Gasteiger partial charge in [-0.15, -0.1) is 0 Å². The lowest BCUT2D eigenvalue weighted by molar-refractivity contribution is -0.123. The molecule has 6 heteroatoms. The number of β-amino-alcohol motifs (C(OH)–C–C–N with tert-alkyl or cyclic N) is 1. The zero-order valence-electron chi connectivity index (χ0n) is 13.0. The molecule has 0 aromatic rings. The van der Waals surface area contributed by atoms with Crippen LogP contribution in [0.15, 0.2) is 0 Å². The van der Waals surface area contributed by atoms with E-state index >= 15 is 0 Å². The Balaban J connectivity index is 2.21. The van der Waals surface area contributed by atoms with Crippen LogP contribution in [0.2, 0.25) is 0 Å². The first-order chi connectivity index (χ1) is 9.52. The van der Waals surface area contributed by atoms with Crippen molar-refractivity contribution in [1.29, 1.82) is 0 Å². The third-order valence-corrected chi connectivity index (χ3v) is 3.56. The van der Waals surface area contributed by atoms with Gasteiger partial charge in [0.1, 0.15) is 0 Å². The topological polar surface area (TPSA) is 65.0 Å². The van der Waals surface area contributed by atoms with Crippen molar-refractivity contribution in [2.24, 2.45) is 0 Å². The van der Waals surface area contributed by atoms with Crippen LogP contribution in [0.4, 0.5) is 0 Å². The minimum absolute atomic E-state index is 0.0808. The Morgan fingerprint density at radius 1 is 1.50 bits per heavy atom. The van der Waals surface area contributed by atoms with Gasteiger partial charge < -0.3 is 15.2 Å². The van der Waals surface area contributed by atoms with Gasteiger partial charge in [0.25, 0.3) is 0 Å². The van der Waals surface area contributed by atoms with Crippen molar-refractivity contribution in [1.82, 2.24) is 15.1 Å². The summed E-state index contributed by atoms with van der Waals surface area (Å²) in [4.78, 5) is 16.2. The summed E-state index contributed by atoms with van der Waals surface area (Å²) >= 11 is 0. The number of hydrogen-bond donors (Lipinski definition) is 2. The van der Waals surface area contributed by atoms with Gasteiger partial charge in [0.15, 0.2) is 0 Å². The molecule has 0 aliphatic carbocycles. The number of methoxy groups -OCH3 is 1.